The Bertz CT molecular complexity index is 3590. The maximum absolute atomic E-state index is 14.4. The highest BCUT2D eigenvalue weighted by Crippen LogP contribution is 2.45. The monoisotopic (exact) mass is 793 g/mol. The molecule has 0 aliphatic carbocycles. The molecule has 0 saturated carbocycles. The summed E-state index contributed by atoms with van der Waals surface area (Å²) in [6, 6.07) is 51.0. The van der Waals surface area contributed by atoms with Gasteiger partial charge in [0.25, 0.3) is 0 Å². The second kappa shape index (κ2) is 14.2. The van der Waals surface area contributed by atoms with E-state index in [1.807, 2.05) is 91.0 Å². The number of hydrogen-bond donors (Lipinski definition) is 0. The van der Waals surface area contributed by atoms with Crippen molar-refractivity contribution in [3.05, 3.63) is 209 Å². The molecule has 0 aliphatic rings. The van der Waals surface area contributed by atoms with E-state index in [-0.39, 0.29) is 11.3 Å². The van der Waals surface area contributed by atoms with Crippen molar-refractivity contribution in [3.63, 3.8) is 0 Å². The quantitative estimate of drug-likeness (QED) is 0.155. The van der Waals surface area contributed by atoms with E-state index in [0.29, 0.717) is 33.9 Å². The van der Waals surface area contributed by atoms with Crippen LogP contribution in [0.2, 0.25) is 0 Å². The fourth-order valence-electron chi connectivity index (χ4n) is 8.68. The molecular weight excluding hydrogens is 764 g/mol. The molecule has 0 N–H and O–H groups in total. The highest BCUT2D eigenvalue weighted by Gasteiger charge is 2.31. The summed E-state index contributed by atoms with van der Waals surface area (Å²) in [4.78, 5) is 11.3. The van der Waals surface area contributed by atoms with Crippen LogP contribution in [0.4, 0.5) is 30.2 Å². The molecule has 0 saturated heterocycles. The first-order valence-electron chi connectivity index (χ1n) is 19.4. The molecule has 0 atom stereocenters. The van der Waals surface area contributed by atoms with Gasteiger partial charge in [-0.25, -0.2) is 14.5 Å². The predicted molar refractivity (Wildman–Crippen MR) is 240 cm³/mol. The molecule has 2 aromatic heterocycles. The number of benzene rings is 8. The lowest BCUT2D eigenvalue weighted by Crippen LogP contribution is -2.06. The summed E-state index contributed by atoms with van der Waals surface area (Å²) in [5, 5.41) is 3.88. The van der Waals surface area contributed by atoms with E-state index in [0.717, 1.165) is 78.0 Å². The van der Waals surface area contributed by atoms with Crippen molar-refractivity contribution in [1.82, 2.24) is 9.13 Å². The summed E-state index contributed by atoms with van der Waals surface area (Å²) in [5.41, 5.74) is 9.79. The second-order valence-corrected chi connectivity index (χ2v) is 15.0. The number of rotatable bonds is 5. The molecule has 0 radical (unpaired) electrons. The Morgan fingerprint density at radius 3 is 1.43 bits per heavy atom. The van der Waals surface area contributed by atoms with Crippen LogP contribution < -0.4 is 0 Å². The molecular formula is C53H30F3N5. The minimum atomic E-state index is -4.59. The first-order valence-corrected chi connectivity index (χ1v) is 19.4. The van der Waals surface area contributed by atoms with Gasteiger partial charge in [-0.3, -0.25) is 0 Å². The lowest BCUT2D eigenvalue weighted by Gasteiger charge is -2.20. The summed E-state index contributed by atoms with van der Waals surface area (Å²) >= 11 is 0. The van der Waals surface area contributed by atoms with Crippen molar-refractivity contribution < 1.29 is 13.2 Å². The summed E-state index contributed by atoms with van der Waals surface area (Å²) in [7, 11) is 0. The molecule has 288 valence electrons. The topological polar surface area (TPSA) is 22.9 Å². The fraction of sp³-hybridized carbons (Fsp3) is 0.0377. The first-order chi connectivity index (χ1) is 29.6. The van der Waals surface area contributed by atoms with Crippen molar-refractivity contribution in [3.8, 4) is 44.8 Å². The number of halogens is 3. The summed E-state index contributed by atoms with van der Waals surface area (Å²) in [6.45, 7) is 25.4. The Labute approximate surface area is 348 Å². The van der Waals surface area contributed by atoms with Gasteiger partial charge in [0.1, 0.15) is 0 Å². The van der Waals surface area contributed by atoms with Crippen LogP contribution in [0.5, 0.6) is 0 Å². The van der Waals surface area contributed by atoms with Crippen LogP contribution >= 0.6 is 0 Å². The van der Waals surface area contributed by atoms with Crippen LogP contribution in [-0.4, -0.2) is 9.13 Å². The molecule has 61 heavy (non-hydrogen) atoms. The molecule has 0 spiro atoms. The summed E-state index contributed by atoms with van der Waals surface area (Å²) in [6.07, 6.45) is -4.59. The van der Waals surface area contributed by atoms with Crippen LogP contribution in [-0.2, 0) is 6.18 Å². The minimum Gasteiger partial charge on any atom is -0.308 e. The number of nitrogens with zero attached hydrogens (tertiary/aromatic N) is 5. The largest absolute Gasteiger partial charge is 0.416 e. The van der Waals surface area contributed by atoms with Gasteiger partial charge in [-0.15, -0.1) is 0 Å². The van der Waals surface area contributed by atoms with Crippen molar-refractivity contribution in [2.24, 2.45) is 0 Å². The van der Waals surface area contributed by atoms with Crippen molar-refractivity contribution in [1.29, 1.82) is 0 Å². The standard InChI is InChI=1S/C53H30F3N5/c1-32-23-37(25-38(24-32)53(54,55)56)45-30-51(60-47-17-7-5-15-41(47)43-21-19-35(28-49(43)60)33-11-9-13-39(26-33)57-2)52(31-46(45)59-4)61-48-18-8-6-16-42(48)44-22-20-36(29-50(44)61)34-12-10-14-40(27-34)58-3/h5-31H,1H3. The fourth-order valence-corrected chi connectivity index (χ4v) is 8.68. The average molecular weight is 794 g/mol. The zero-order chi connectivity index (χ0) is 42.0. The molecule has 2 heterocycles. The first kappa shape index (κ1) is 36.9. The van der Waals surface area contributed by atoms with Gasteiger partial charge in [-0.05, 0) is 107 Å². The number of aromatic nitrogens is 2. The number of hydrogen-bond acceptors (Lipinski definition) is 0. The molecule has 8 heteroatoms. The highest BCUT2D eigenvalue weighted by molar-refractivity contribution is 6.13. The highest BCUT2D eigenvalue weighted by atomic mass is 19.4. The van der Waals surface area contributed by atoms with E-state index >= 15 is 0 Å². The Morgan fingerprint density at radius 1 is 0.426 bits per heavy atom. The van der Waals surface area contributed by atoms with Gasteiger partial charge in [0.05, 0.1) is 58.7 Å². The zero-order valence-corrected chi connectivity index (χ0v) is 32.5. The predicted octanol–water partition coefficient (Wildman–Crippen LogP) is 15.9. The molecule has 5 nitrogen and oxygen atoms in total. The van der Waals surface area contributed by atoms with Crippen LogP contribution in [0.1, 0.15) is 11.1 Å². The third-order valence-electron chi connectivity index (χ3n) is 11.4. The van der Waals surface area contributed by atoms with E-state index < -0.39 is 11.7 Å². The van der Waals surface area contributed by atoms with Gasteiger partial charge in [-0.2, -0.15) is 13.2 Å². The normalized spacial score (nSPS) is 11.6. The van der Waals surface area contributed by atoms with E-state index in [9.17, 15) is 13.2 Å². The third-order valence-corrected chi connectivity index (χ3v) is 11.4. The lowest BCUT2D eigenvalue weighted by atomic mass is 9.97. The Kier molecular flexibility index (Phi) is 8.58. The average Bonchev–Trinajstić information content (AvgIpc) is 3.80. The summed E-state index contributed by atoms with van der Waals surface area (Å²) in [5.74, 6) is 0. The smallest absolute Gasteiger partial charge is 0.308 e. The van der Waals surface area contributed by atoms with Crippen LogP contribution in [0.3, 0.4) is 0 Å². The number of alkyl halides is 3. The molecule has 0 aliphatic heterocycles. The van der Waals surface area contributed by atoms with Gasteiger partial charge in [-0.1, -0.05) is 103 Å². The Morgan fingerprint density at radius 2 is 0.918 bits per heavy atom. The second-order valence-electron chi connectivity index (χ2n) is 15.0. The Hall–Kier alpha value is -8.38. The number of aryl methyl sites for hydroxylation is 1. The molecule has 0 fully saturated rings. The van der Waals surface area contributed by atoms with Crippen molar-refractivity contribution in [2.45, 2.75) is 13.1 Å². The molecule has 0 amide bonds. The minimum absolute atomic E-state index is 0.196. The maximum atomic E-state index is 14.4. The van der Waals surface area contributed by atoms with Gasteiger partial charge in [0.15, 0.2) is 17.1 Å². The van der Waals surface area contributed by atoms with E-state index in [1.165, 1.54) is 0 Å². The van der Waals surface area contributed by atoms with Gasteiger partial charge in [0, 0.05) is 21.5 Å². The molecule has 8 aromatic carbocycles. The van der Waals surface area contributed by atoms with E-state index in [1.54, 1.807) is 31.2 Å². The van der Waals surface area contributed by atoms with Gasteiger partial charge < -0.3 is 9.13 Å². The van der Waals surface area contributed by atoms with Crippen LogP contribution in [0.25, 0.3) is 103 Å². The maximum Gasteiger partial charge on any atom is 0.416 e. The zero-order valence-electron chi connectivity index (χ0n) is 32.5. The Balaban J connectivity index is 1.36. The molecule has 0 bridgehead atoms. The molecule has 0 unspecified atom stereocenters. The van der Waals surface area contributed by atoms with Crippen LogP contribution in [0, 0.1) is 26.6 Å². The third kappa shape index (κ3) is 6.16. The van der Waals surface area contributed by atoms with Gasteiger partial charge >= 0.3 is 6.18 Å². The van der Waals surface area contributed by atoms with E-state index in [4.69, 9.17) is 19.7 Å². The number of para-hydroxylation sites is 2. The van der Waals surface area contributed by atoms with Gasteiger partial charge in [0.2, 0.25) is 0 Å². The van der Waals surface area contributed by atoms with Crippen LogP contribution in [0.15, 0.2) is 164 Å². The molecule has 10 aromatic rings. The number of fused-ring (bicyclic) bond motifs is 6. The van der Waals surface area contributed by atoms with E-state index in [2.05, 4.69) is 60.1 Å². The van der Waals surface area contributed by atoms with Crippen molar-refractivity contribution >= 4 is 60.7 Å². The summed E-state index contributed by atoms with van der Waals surface area (Å²) < 4.78 is 47.4. The lowest BCUT2D eigenvalue weighted by molar-refractivity contribution is -0.137. The van der Waals surface area contributed by atoms with Crippen molar-refractivity contribution in [2.75, 3.05) is 0 Å². The SMILES string of the molecule is [C-]#[N+]c1cccc(-c2ccc3c4ccccc4n(-c4cc([N+]#[C-])c(-c5cc(C)cc(C(F)(F)F)c5)cc4-n4c5ccccc5c5ccc(-c6cccc([N+]#[C-])c6)cc54)c3c2)c1. The molecule has 10 rings (SSSR count).